The fourth-order valence-electron chi connectivity index (χ4n) is 5.15. The Kier molecular flexibility index (Phi) is 10.2. The number of nitro groups is 1. The van der Waals surface area contributed by atoms with Gasteiger partial charge in [-0.1, -0.05) is 67.4 Å². The molecule has 0 saturated heterocycles. The first kappa shape index (κ1) is 35.9. The number of carbonyl (C=O) groups excluding carboxylic acids is 1. The molecule has 1 aromatic heterocycles. The van der Waals surface area contributed by atoms with E-state index in [0.717, 1.165) is 10.6 Å². The minimum atomic E-state index is -4.99. The van der Waals surface area contributed by atoms with E-state index in [4.69, 9.17) is 11.6 Å². The third-order valence-corrected chi connectivity index (χ3v) is 9.35. The molecule has 0 aliphatic carbocycles. The molecule has 0 aliphatic heterocycles. The average molecular weight is 732 g/mol. The van der Waals surface area contributed by atoms with Crippen molar-refractivity contribution in [3.63, 3.8) is 0 Å². The number of hydrogen-bond acceptors (Lipinski definition) is 7. The number of nitro benzene ring substituents is 1. The molecule has 4 aromatic carbocycles. The highest BCUT2D eigenvalue weighted by Crippen LogP contribution is 2.35. The molecule has 0 spiro atoms. The first-order valence-electron chi connectivity index (χ1n) is 14.9. The van der Waals surface area contributed by atoms with Gasteiger partial charge >= 0.3 is 11.9 Å². The van der Waals surface area contributed by atoms with Crippen LogP contribution in [0.4, 0.5) is 23.2 Å². The van der Waals surface area contributed by atoms with Gasteiger partial charge in [-0.15, -0.1) is 5.10 Å². The Morgan fingerprint density at radius 1 is 1.02 bits per heavy atom. The molecule has 5 rings (SSSR count). The Balaban J connectivity index is 1.52. The molecule has 0 atom stereocenters. The smallest absolute Gasteiger partial charge is 0.274 e. The third kappa shape index (κ3) is 7.45. The Morgan fingerprint density at radius 3 is 2.38 bits per heavy atom. The van der Waals surface area contributed by atoms with Crippen molar-refractivity contribution in [2.45, 2.75) is 43.8 Å². The maximum Gasteiger partial charge on any atom is 0.418 e. The first-order valence-corrected chi connectivity index (χ1v) is 16.7. The van der Waals surface area contributed by atoms with Gasteiger partial charge in [0.1, 0.15) is 11.6 Å². The zero-order valence-corrected chi connectivity index (χ0v) is 27.5. The van der Waals surface area contributed by atoms with Crippen LogP contribution in [0.1, 0.15) is 47.1 Å². The number of hydrogen-bond donors (Lipinski definition) is 1. The quantitative estimate of drug-likeness (QED) is 0.0881. The van der Waals surface area contributed by atoms with Crippen molar-refractivity contribution < 1.29 is 35.7 Å². The van der Waals surface area contributed by atoms with Crippen LogP contribution in [0.3, 0.4) is 0 Å². The van der Waals surface area contributed by atoms with Crippen LogP contribution < -0.4 is 10.4 Å². The van der Waals surface area contributed by atoms with E-state index in [9.17, 15) is 41.3 Å². The molecule has 0 radical (unpaired) electrons. The van der Waals surface area contributed by atoms with E-state index >= 15 is 4.39 Å². The number of aryl methyl sites for hydroxylation is 1. The van der Waals surface area contributed by atoms with Crippen molar-refractivity contribution in [1.82, 2.24) is 19.1 Å². The molecule has 1 N–H and O–H groups in total. The van der Waals surface area contributed by atoms with Gasteiger partial charge in [0, 0.05) is 29.7 Å². The lowest BCUT2D eigenvalue weighted by molar-refractivity contribution is -0.384. The number of rotatable bonds is 11. The summed E-state index contributed by atoms with van der Waals surface area (Å²) < 4.78 is 87.5. The van der Waals surface area contributed by atoms with Crippen LogP contribution in [0.5, 0.6) is 0 Å². The van der Waals surface area contributed by atoms with Crippen molar-refractivity contribution in [3.05, 3.63) is 139 Å². The topological polar surface area (TPSA) is 146 Å². The molecule has 5 aromatic rings. The summed E-state index contributed by atoms with van der Waals surface area (Å²) in [4.78, 5) is 36.4. The molecule has 0 aliphatic rings. The molecule has 260 valence electrons. The zero-order chi connectivity index (χ0) is 36.4. The summed E-state index contributed by atoms with van der Waals surface area (Å²) in [5.74, 6) is -1.85. The number of unbranched alkanes of at least 4 members (excludes halogenated alkanes) is 1. The highest BCUT2D eigenvalue weighted by Gasteiger charge is 2.36. The van der Waals surface area contributed by atoms with Gasteiger partial charge in [0.25, 0.3) is 21.6 Å². The molecule has 11 nitrogen and oxygen atoms in total. The van der Waals surface area contributed by atoms with Gasteiger partial charge in [-0.25, -0.2) is 22.3 Å². The SMILES string of the molecule is CCCCc1nn(-c2cc([N+](=O)[O-])ccc2C(F)(F)F)c(=O)n1Cc1ccc(-c2ccccc2S(=O)(=O)NC(=O)c2ccccc2Cl)cc1F. The Morgan fingerprint density at radius 2 is 1.72 bits per heavy atom. The van der Waals surface area contributed by atoms with Gasteiger partial charge in [-0.05, 0) is 42.3 Å². The van der Waals surface area contributed by atoms with Gasteiger partial charge in [-0.3, -0.25) is 19.5 Å². The van der Waals surface area contributed by atoms with E-state index in [0.29, 0.717) is 35.7 Å². The van der Waals surface area contributed by atoms with Crippen molar-refractivity contribution in [2.75, 3.05) is 0 Å². The van der Waals surface area contributed by atoms with Gasteiger partial charge in [0.15, 0.2) is 0 Å². The lowest BCUT2D eigenvalue weighted by atomic mass is 10.0. The predicted octanol–water partition coefficient (Wildman–Crippen LogP) is 6.93. The summed E-state index contributed by atoms with van der Waals surface area (Å²) in [6, 6.07) is 16.8. The molecule has 0 saturated carbocycles. The Bertz CT molecular complexity index is 2290. The van der Waals surface area contributed by atoms with Crippen LogP contribution in [-0.4, -0.2) is 33.6 Å². The van der Waals surface area contributed by atoms with Gasteiger partial charge in [-0.2, -0.15) is 17.9 Å². The van der Waals surface area contributed by atoms with Crippen LogP contribution in [0.15, 0.2) is 94.6 Å². The minimum Gasteiger partial charge on any atom is -0.274 e. The van der Waals surface area contributed by atoms with E-state index in [2.05, 4.69) is 5.10 Å². The van der Waals surface area contributed by atoms with E-state index in [-0.39, 0.29) is 44.4 Å². The highest BCUT2D eigenvalue weighted by atomic mass is 35.5. The predicted molar refractivity (Wildman–Crippen MR) is 175 cm³/mol. The van der Waals surface area contributed by atoms with E-state index in [1.807, 2.05) is 11.6 Å². The zero-order valence-electron chi connectivity index (χ0n) is 25.9. The van der Waals surface area contributed by atoms with Crippen molar-refractivity contribution in [3.8, 4) is 16.8 Å². The molecule has 1 amide bonds. The van der Waals surface area contributed by atoms with Crippen LogP contribution >= 0.6 is 11.6 Å². The van der Waals surface area contributed by atoms with Gasteiger partial charge in [0.2, 0.25) is 0 Å². The van der Waals surface area contributed by atoms with Crippen molar-refractivity contribution in [1.29, 1.82) is 0 Å². The Hall–Kier alpha value is -5.35. The summed E-state index contributed by atoms with van der Waals surface area (Å²) in [6.45, 7) is 1.36. The molecule has 0 unspecified atom stereocenters. The highest BCUT2D eigenvalue weighted by molar-refractivity contribution is 7.90. The maximum atomic E-state index is 15.7. The lowest BCUT2D eigenvalue weighted by Gasteiger charge is -2.13. The second kappa shape index (κ2) is 14.2. The summed E-state index contributed by atoms with van der Waals surface area (Å²) >= 11 is 6.04. The number of non-ortho nitro benzene ring substituents is 1. The molecular weight excluding hydrogens is 706 g/mol. The Labute approximate surface area is 287 Å². The second-order valence-electron chi connectivity index (χ2n) is 11.0. The average Bonchev–Trinajstić information content (AvgIpc) is 3.37. The number of nitrogens with zero attached hydrogens (tertiary/aromatic N) is 4. The van der Waals surface area contributed by atoms with Gasteiger partial charge < -0.3 is 0 Å². The van der Waals surface area contributed by atoms with E-state index in [1.54, 1.807) is 6.07 Å². The number of carbonyl (C=O) groups is 1. The number of benzene rings is 4. The number of halogens is 5. The van der Waals surface area contributed by atoms with Crippen LogP contribution in [0.25, 0.3) is 16.8 Å². The summed E-state index contributed by atoms with van der Waals surface area (Å²) in [6.07, 6.45) is -3.77. The first-order chi connectivity index (χ1) is 23.6. The fraction of sp³-hybridized carbons (Fsp3) is 0.182. The molecular formula is C33H26ClF4N5O6S. The van der Waals surface area contributed by atoms with E-state index < -0.39 is 62.0 Å². The largest absolute Gasteiger partial charge is 0.418 e. The third-order valence-electron chi connectivity index (χ3n) is 7.63. The second-order valence-corrected chi connectivity index (χ2v) is 13.0. The summed E-state index contributed by atoms with van der Waals surface area (Å²) in [7, 11) is -4.50. The minimum absolute atomic E-state index is 0.0191. The monoisotopic (exact) mass is 731 g/mol. The van der Waals surface area contributed by atoms with Crippen LogP contribution in [-0.2, 0) is 29.2 Å². The normalized spacial score (nSPS) is 11.8. The van der Waals surface area contributed by atoms with E-state index in [1.165, 1.54) is 54.6 Å². The van der Waals surface area contributed by atoms with Crippen molar-refractivity contribution >= 4 is 33.2 Å². The van der Waals surface area contributed by atoms with Gasteiger partial charge in [0.05, 0.1) is 38.2 Å². The summed E-state index contributed by atoms with van der Waals surface area (Å²) in [5, 5.41) is 15.5. The lowest BCUT2D eigenvalue weighted by Crippen LogP contribution is -2.31. The standard InChI is InChI=1S/C33H26ClF4N5O6S/c1-2-3-12-30-39-42(28-18-22(43(46)47)15-16-25(28)33(36,37)38)32(45)41(30)19-21-14-13-20(17-27(21)35)23-8-5-7-11-29(23)50(48,49)40-31(44)24-9-4-6-10-26(24)34/h4-11,13-18H,2-3,12,19H2,1H3,(H,40,44). The molecule has 0 bridgehead atoms. The molecule has 50 heavy (non-hydrogen) atoms. The number of alkyl halides is 3. The fourth-order valence-corrected chi connectivity index (χ4v) is 6.57. The summed E-state index contributed by atoms with van der Waals surface area (Å²) in [5.41, 5.74) is -4.01. The molecule has 1 heterocycles. The van der Waals surface area contributed by atoms with Crippen molar-refractivity contribution in [2.24, 2.45) is 0 Å². The molecule has 17 heteroatoms. The number of sulfonamides is 1. The number of nitrogens with one attached hydrogen (secondary N) is 1. The van der Waals surface area contributed by atoms with Crippen LogP contribution in [0.2, 0.25) is 5.02 Å². The molecule has 0 fully saturated rings. The maximum absolute atomic E-state index is 15.7. The number of aromatic nitrogens is 3. The van der Waals surface area contributed by atoms with Crippen LogP contribution in [0, 0.1) is 15.9 Å². The number of amides is 1.